The lowest BCUT2D eigenvalue weighted by atomic mass is 10.0. The van der Waals surface area contributed by atoms with Crippen molar-refractivity contribution in [1.82, 2.24) is 0 Å². The fraction of sp³-hybridized carbons (Fsp3) is 0.0952. The van der Waals surface area contributed by atoms with E-state index in [2.05, 4.69) is 35.0 Å². The number of rotatable bonds is 4. The van der Waals surface area contributed by atoms with Gasteiger partial charge in [-0.25, -0.2) is 0 Å². The maximum absolute atomic E-state index is 13.2. The van der Waals surface area contributed by atoms with Crippen LogP contribution in [0.4, 0.5) is 5.69 Å². The number of hydrogen-bond acceptors (Lipinski definition) is 1. The number of carbonyl (C=O) groups is 1. The van der Waals surface area contributed by atoms with Crippen molar-refractivity contribution in [1.29, 1.82) is 0 Å². The minimum Gasteiger partial charge on any atom is -0.301 e. The first-order valence-electron chi connectivity index (χ1n) is 7.86. The largest absolute Gasteiger partial charge is 0.301 e. The van der Waals surface area contributed by atoms with Gasteiger partial charge in [0, 0.05) is 15.7 Å². The molecule has 0 fully saturated rings. The van der Waals surface area contributed by atoms with Gasteiger partial charge in [0.1, 0.15) is 0 Å². The van der Waals surface area contributed by atoms with Crippen LogP contribution in [-0.4, -0.2) is 5.91 Å². The first kappa shape index (κ1) is 16.5. The molecule has 0 aliphatic heterocycles. The van der Waals surface area contributed by atoms with Gasteiger partial charge in [0.05, 0.1) is 6.04 Å². The van der Waals surface area contributed by atoms with Crippen molar-refractivity contribution in [3.8, 4) is 0 Å². The molecule has 0 unspecified atom stereocenters. The summed E-state index contributed by atoms with van der Waals surface area (Å²) >= 11 is 3.42. The van der Waals surface area contributed by atoms with Crippen LogP contribution in [0.2, 0.25) is 0 Å². The van der Waals surface area contributed by atoms with Gasteiger partial charge in [-0.05, 0) is 48.9 Å². The molecule has 24 heavy (non-hydrogen) atoms. The zero-order valence-corrected chi connectivity index (χ0v) is 15.0. The van der Waals surface area contributed by atoms with E-state index in [-0.39, 0.29) is 11.9 Å². The number of para-hydroxylation sites is 1. The average molecular weight is 380 g/mol. The number of hydrogen-bond donors (Lipinski definition) is 0. The second-order valence-electron chi connectivity index (χ2n) is 5.60. The Morgan fingerprint density at radius 3 is 1.96 bits per heavy atom. The smallest absolute Gasteiger partial charge is 0.258 e. The summed E-state index contributed by atoms with van der Waals surface area (Å²) in [7, 11) is 0. The molecular weight excluding hydrogens is 362 g/mol. The summed E-state index contributed by atoms with van der Waals surface area (Å²) in [5.41, 5.74) is 2.67. The minimum atomic E-state index is -0.0650. The van der Waals surface area contributed by atoms with Crippen molar-refractivity contribution in [2.24, 2.45) is 0 Å². The van der Waals surface area contributed by atoms with Gasteiger partial charge in [0.15, 0.2) is 0 Å². The molecule has 0 radical (unpaired) electrons. The van der Waals surface area contributed by atoms with Gasteiger partial charge in [-0.15, -0.1) is 0 Å². The molecule has 0 bridgehead atoms. The Morgan fingerprint density at radius 2 is 1.38 bits per heavy atom. The number of halogens is 1. The Labute approximate surface area is 150 Å². The number of nitrogens with zero attached hydrogens (tertiary/aromatic N) is 1. The van der Waals surface area contributed by atoms with Gasteiger partial charge < -0.3 is 4.90 Å². The van der Waals surface area contributed by atoms with Crippen LogP contribution in [0.15, 0.2) is 89.4 Å². The van der Waals surface area contributed by atoms with E-state index in [0.29, 0.717) is 5.56 Å². The van der Waals surface area contributed by atoms with Crippen LogP contribution in [0.3, 0.4) is 0 Å². The Hall–Kier alpha value is -2.39. The monoisotopic (exact) mass is 379 g/mol. The van der Waals surface area contributed by atoms with E-state index in [1.807, 2.05) is 77.7 Å². The quantitative estimate of drug-likeness (QED) is 0.555. The second-order valence-corrected chi connectivity index (χ2v) is 6.52. The van der Waals surface area contributed by atoms with Crippen LogP contribution in [0.1, 0.15) is 28.9 Å². The Bertz CT molecular complexity index is 800. The molecule has 0 N–H and O–H groups in total. The first-order chi connectivity index (χ1) is 11.7. The lowest BCUT2D eigenvalue weighted by Crippen LogP contribution is -2.33. The third-order valence-electron chi connectivity index (χ3n) is 4.01. The van der Waals surface area contributed by atoms with Gasteiger partial charge in [-0.1, -0.05) is 64.5 Å². The standard InChI is InChI=1S/C21H18BrNO/c1-16(17-8-4-2-5-9-17)23(20-10-6-3-7-11-20)21(24)18-12-14-19(22)15-13-18/h2-16H,1H3/t16-/m1/s1. The zero-order chi connectivity index (χ0) is 16.9. The minimum absolute atomic E-state index is 0.00921. The second kappa shape index (κ2) is 7.45. The van der Waals surface area contributed by atoms with E-state index < -0.39 is 0 Å². The van der Waals surface area contributed by atoms with Gasteiger partial charge in [-0.3, -0.25) is 4.79 Å². The van der Waals surface area contributed by atoms with Crippen LogP contribution in [0.5, 0.6) is 0 Å². The number of anilines is 1. The van der Waals surface area contributed by atoms with E-state index in [1.165, 1.54) is 0 Å². The molecule has 3 aromatic rings. The van der Waals surface area contributed by atoms with E-state index in [9.17, 15) is 4.79 Å². The predicted octanol–water partition coefficient (Wildman–Crippen LogP) is 5.86. The predicted molar refractivity (Wildman–Crippen MR) is 102 cm³/mol. The van der Waals surface area contributed by atoms with E-state index in [4.69, 9.17) is 0 Å². The van der Waals surface area contributed by atoms with Crippen molar-refractivity contribution in [2.45, 2.75) is 13.0 Å². The normalized spacial score (nSPS) is 11.8. The topological polar surface area (TPSA) is 20.3 Å². The summed E-state index contributed by atoms with van der Waals surface area (Å²) in [6.07, 6.45) is 0. The summed E-state index contributed by atoms with van der Waals surface area (Å²) in [6.45, 7) is 2.05. The van der Waals surface area contributed by atoms with Crippen molar-refractivity contribution in [2.75, 3.05) is 4.90 Å². The maximum atomic E-state index is 13.2. The molecule has 1 amide bonds. The molecule has 1 atom stereocenters. The molecule has 3 rings (SSSR count). The summed E-state index contributed by atoms with van der Waals surface area (Å²) in [5, 5.41) is 0. The van der Waals surface area contributed by atoms with Crippen molar-refractivity contribution in [3.63, 3.8) is 0 Å². The molecule has 0 spiro atoms. The van der Waals surface area contributed by atoms with Gasteiger partial charge in [0.2, 0.25) is 0 Å². The fourth-order valence-corrected chi connectivity index (χ4v) is 2.98. The highest BCUT2D eigenvalue weighted by Gasteiger charge is 2.24. The third-order valence-corrected chi connectivity index (χ3v) is 4.54. The van der Waals surface area contributed by atoms with Crippen LogP contribution >= 0.6 is 15.9 Å². The number of amides is 1. The fourth-order valence-electron chi connectivity index (χ4n) is 2.72. The molecule has 0 aliphatic rings. The lowest BCUT2D eigenvalue weighted by molar-refractivity contribution is 0.0978. The van der Waals surface area contributed by atoms with Crippen LogP contribution in [0.25, 0.3) is 0 Å². The Morgan fingerprint density at radius 1 is 0.833 bits per heavy atom. The van der Waals surface area contributed by atoms with Crippen LogP contribution in [0, 0.1) is 0 Å². The molecule has 3 aromatic carbocycles. The Kier molecular flexibility index (Phi) is 5.11. The average Bonchev–Trinajstić information content (AvgIpc) is 2.64. The summed E-state index contributed by atoms with van der Waals surface area (Å²) in [4.78, 5) is 15.0. The summed E-state index contributed by atoms with van der Waals surface area (Å²) < 4.78 is 0.960. The van der Waals surface area contributed by atoms with Crippen molar-refractivity contribution < 1.29 is 4.79 Å². The van der Waals surface area contributed by atoms with Crippen LogP contribution < -0.4 is 4.90 Å². The number of benzene rings is 3. The highest BCUT2D eigenvalue weighted by Crippen LogP contribution is 2.29. The van der Waals surface area contributed by atoms with Crippen LogP contribution in [-0.2, 0) is 0 Å². The summed E-state index contributed by atoms with van der Waals surface area (Å²) in [5.74, 6) is -0.00921. The molecule has 120 valence electrons. The molecule has 3 heteroatoms. The molecule has 0 aliphatic carbocycles. The third kappa shape index (κ3) is 3.57. The SMILES string of the molecule is C[C@H](c1ccccc1)N(C(=O)c1ccc(Br)cc1)c1ccccc1. The van der Waals surface area contributed by atoms with Gasteiger partial charge in [-0.2, -0.15) is 0 Å². The highest BCUT2D eigenvalue weighted by molar-refractivity contribution is 9.10. The van der Waals surface area contributed by atoms with E-state index in [1.54, 1.807) is 0 Å². The zero-order valence-electron chi connectivity index (χ0n) is 13.4. The van der Waals surface area contributed by atoms with Gasteiger partial charge in [0.25, 0.3) is 5.91 Å². The lowest BCUT2D eigenvalue weighted by Gasteiger charge is -2.30. The van der Waals surface area contributed by atoms with E-state index in [0.717, 1.165) is 15.7 Å². The highest BCUT2D eigenvalue weighted by atomic mass is 79.9. The molecule has 0 aromatic heterocycles. The molecular formula is C21H18BrNO. The summed E-state index contributed by atoms with van der Waals surface area (Å²) in [6, 6.07) is 27.3. The molecule has 2 nitrogen and oxygen atoms in total. The number of carbonyl (C=O) groups excluding carboxylic acids is 1. The Balaban J connectivity index is 2.02. The maximum Gasteiger partial charge on any atom is 0.258 e. The first-order valence-corrected chi connectivity index (χ1v) is 8.65. The molecule has 0 saturated carbocycles. The van der Waals surface area contributed by atoms with Gasteiger partial charge >= 0.3 is 0 Å². The molecule has 0 heterocycles. The molecule has 0 saturated heterocycles. The van der Waals surface area contributed by atoms with E-state index >= 15 is 0 Å². The van der Waals surface area contributed by atoms with Crippen molar-refractivity contribution >= 4 is 27.5 Å². The van der Waals surface area contributed by atoms with Crippen molar-refractivity contribution in [3.05, 3.63) is 101 Å².